The van der Waals surface area contributed by atoms with Crippen LogP contribution in [-0.4, -0.2) is 6.29 Å². The summed E-state index contributed by atoms with van der Waals surface area (Å²) < 4.78 is 0. The Morgan fingerprint density at radius 3 is 2.67 bits per heavy atom. The molecule has 1 nitrogen and oxygen atoms in total. The van der Waals surface area contributed by atoms with Gasteiger partial charge in [-0.3, -0.25) is 0 Å². The quantitative estimate of drug-likeness (QED) is 0.505. The van der Waals surface area contributed by atoms with Crippen LogP contribution in [0.2, 0.25) is 0 Å². The number of hydrogen-bond acceptors (Lipinski definition) is 1. The van der Waals surface area contributed by atoms with Gasteiger partial charge in [-0.2, -0.15) is 0 Å². The Morgan fingerprint density at radius 1 is 1.60 bits per heavy atom. The van der Waals surface area contributed by atoms with Crippen molar-refractivity contribution in [1.82, 2.24) is 0 Å². The smallest absolute Gasteiger partial charge is 0.126 e. The molecule has 0 aromatic rings. The molecule has 0 amide bonds. The van der Waals surface area contributed by atoms with Gasteiger partial charge in [0.1, 0.15) is 6.29 Å². The third-order valence-electron chi connectivity index (χ3n) is 3.86. The summed E-state index contributed by atoms with van der Waals surface area (Å²) in [7, 11) is 0. The topological polar surface area (TPSA) is 17.1 Å². The summed E-state index contributed by atoms with van der Waals surface area (Å²) in [6.07, 6.45) is 9.68. The van der Waals surface area contributed by atoms with Crippen molar-refractivity contribution in [3.8, 4) is 0 Å². The van der Waals surface area contributed by atoms with Crippen LogP contribution in [0.3, 0.4) is 0 Å². The number of allylic oxidation sites excluding steroid dienone is 4. The van der Waals surface area contributed by atoms with Crippen LogP contribution in [0.4, 0.5) is 0 Å². The second-order valence-electron chi connectivity index (χ2n) is 5.04. The van der Waals surface area contributed by atoms with E-state index in [1.54, 1.807) is 0 Å². The van der Waals surface area contributed by atoms with Crippen LogP contribution in [0.25, 0.3) is 0 Å². The summed E-state index contributed by atoms with van der Waals surface area (Å²) in [5.41, 5.74) is 1.73. The van der Waals surface area contributed by atoms with Gasteiger partial charge in [-0.25, -0.2) is 0 Å². The van der Waals surface area contributed by atoms with Gasteiger partial charge >= 0.3 is 0 Å². The van der Waals surface area contributed by atoms with Crippen molar-refractivity contribution in [3.63, 3.8) is 0 Å². The number of carbonyl (C=O) groups is 1. The van der Waals surface area contributed by atoms with E-state index in [9.17, 15) is 4.79 Å². The summed E-state index contributed by atoms with van der Waals surface area (Å²) in [6, 6.07) is 0. The van der Waals surface area contributed by atoms with Crippen molar-refractivity contribution in [3.05, 3.63) is 23.8 Å². The minimum Gasteiger partial charge on any atom is -0.303 e. The maximum atomic E-state index is 10.7. The minimum atomic E-state index is 0.0988. The maximum Gasteiger partial charge on any atom is 0.126 e. The molecule has 2 atom stereocenters. The first kappa shape index (κ1) is 12.2. The normalized spacial score (nSPS) is 26.7. The SMILES string of the molecule is CCC(C=O)/C=C/C1CC=C(C)C1(C)C. The maximum absolute atomic E-state index is 10.7. The average molecular weight is 206 g/mol. The minimum absolute atomic E-state index is 0.0988. The van der Waals surface area contributed by atoms with E-state index in [1.807, 2.05) is 6.92 Å². The molecule has 0 radical (unpaired) electrons. The van der Waals surface area contributed by atoms with Gasteiger partial charge in [-0.05, 0) is 31.1 Å². The van der Waals surface area contributed by atoms with E-state index in [4.69, 9.17) is 0 Å². The summed E-state index contributed by atoms with van der Waals surface area (Å²) in [5, 5.41) is 0. The Hall–Kier alpha value is -0.850. The Balaban J connectivity index is 2.65. The van der Waals surface area contributed by atoms with Gasteiger partial charge in [0.2, 0.25) is 0 Å². The zero-order chi connectivity index (χ0) is 11.5. The Bertz CT molecular complexity index is 284. The third-order valence-corrected chi connectivity index (χ3v) is 3.86. The van der Waals surface area contributed by atoms with Crippen molar-refractivity contribution >= 4 is 6.29 Å². The molecule has 2 unspecified atom stereocenters. The predicted octanol–water partition coefficient (Wildman–Crippen LogP) is 3.76. The van der Waals surface area contributed by atoms with Crippen LogP contribution in [0, 0.1) is 17.3 Å². The second-order valence-corrected chi connectivity index (χ2v) is 5.04. The average Bonchev–Trinajstić information content (AvgIpc) is 2.45. The van der Waals surface area contributed by atoms with E-state index in [2.05, 4.69) is 39.0 Å². The molecule has 0 aromatic carbocycles. The molecule has 1 rings (SSSR count). The molecule has 0 spiro atoms. The predicted molar refractivity (Wildman–Crippen MR) is 64.6 cm³/mol. The van der Waals surface area contributed by atoms with Crippen molar-refractivity contribution < 1.29 is 4.79 Å². The number of hydrogen-bond donors (Lipinski definition) is 0. The zero-order valence-corrected chi connectivity index (χ0v) is 10.3. The van der Waals surface area contributed by atoms with Gasteiger partial charge in [0, 0.05) is 5.92 Å². The first-order chi connectivity index (χ1) is 7.02. The Labute approximate surface area is 93.3 Å². The van der Waals surface area contributed by atoms with Gasteiger partial charge in [-0.1, -0.05) is 44.6 Å². The number of rotatable bonds is 4. The van der Waals surface area contributed by atoms with Crippen LogP contribution in [-0.2, 0) is 4.79 Å². The van der Waals surface area contributed by atoms with Gasteiger partial charge in [0.25, 0.3) is 0 Å². The molecule has 0 N–H and O–H groups in total. The zero-order valence-electron chi connectivity index (χ0n) is 10.3. The third kappa shape index (κ3) is 2.58. The van der Waals surface area contributed by atoms with E-state index in [1.165, 1.54) is 5.57 Å². The highest BCUT2D eigenvalue weighted by Gasteiger charge is 2.32. The molecule has 0 bridgehead atoms. The van der Waals surface area contributed by atoms with Gasteiger partial charge in [0.05, 0.1) is 0 Å². The molecule has 0 aromatic heterocycles. The Kier molecular flexibility index (Phi) is 3.90. The fraction of sp³-hybridized carbons (Fsp3) is 0.643. The van der Waals surface area contributed by atoms with Crippen LogP contribution in [0.5, 0.6) is 0 Å². The van der Waals surface area contributed by atoms with Crippen LogP contribution < -0.4 is 0 Å². The monoisotopic (exact) mass is 206 g/mol. The molecular formula is C14H22O. The second kappa shape index (κ2) is 4.78. The molecular weight excluding hydrogens is 184 g/mol. The fourth-order valence-electron chi connectivity index (χ4n) is 2.03. The van der Waals surface area contributed by atoms with E-state index in [0.29, 0.717) is 5.92 Å². The highest BCUT2D eigenvalue weighted by atomic mass is 16.1. The lowest BCUT2D eigenvalue weighted by Gasteiger charge is -2.27. The van der Waals surface area contributed by atoms with Gasteiger partial charge in [-0.15, -0.1) is 0 Å². The molecule has 0 aliphatic heterocycles. The molecule has 0 saturated carbocycles. The van der Waals surface area contributed by atoms with Crippen molar-refractivity contribution in [2.45, 2.75) is 40.5 Å². The van der Waals surface area contributed by atoms with Crippen LogP contribution in [0.1, 0.15) is 40.5 Å². The molecule has 1 heteroatoms. The number of aldehydes is 1. The molecule has 0 heterocycles. The van der Waals surface area contributed by atoms with Crippen molar-refractivity contribution in [1.29, 1.82) is 0 Å². The molecule has 15 heavy (non-hydrogen) atoms. The molecule has 0 fully saturated rings. The standard InChI is InChI=1S/C14H22O/c1-5-12(10-15)7-9-13-8-6-11(2)14(13,3)4/h6-7,9-10,12-13H,5,8H2,1-4H3/b9-7+. The largest absolute Gasteiger partial charge is 0.303 e. The summed E-state index contributed by atoms with van der Waals surface area (Å²) in [4.78, 5) is 10.7. The van der Waals surface area contributed by atoms with Crippen LogP contribution >= 0.6 is 0 Å². The van der Waals surface area contributed by atoms with E-state index in [0.717, 1.165) is 19.1 Å². The molecule has 84 valence electrons. The lowest BCUT2D eigenvalue weighted by molar-refractivity contribution is -0.109. The van der Waals surface area contributed by atoms with E-state index >= 15 is 0 Å². The summed E-state index contributed by atoms with van der Waals surface area (Å²) >= 11 is 0. The molecule has 1 aliphatic carbocycles. The molecule has 1 aliphatic rings. The van der Waals surface area contributed by atoms with E-state index in [-0.39, 0.29) is 11.3 Å². The van der Waals surface area contributed by atoms with Gasteiger partial charge in [0.15, 0.2) is 0 Å². The van der Waals surface area contributed by atoms with Crippen LogP contribution in [0.15, 0.2) is 23.8 Å². The first-order valence-electron chi connectivity index (χ1n) is 5.83. The first-order valence-corrected chi connectivity index (χ1v) is 5.83. The lowest BCUT2D eigenvalue weighted by atomic mass is 9.77. The summed E-state index contributed by atoms with van der Waals surface area (Å²) in [5.74, 6) is 0.660. The van der Waals surface area contributed by atoms with Crippen molar-refractivity contribution in [2.75, 3.05) is 0 Å². The van der Waals surface area contributed by atoms with Crippen molar-refractivity contribution in [2.24, 2.45) is 17.3 Å². The number of carbonyl (C=O) groups excluding carboxylic acids is 1. The molecule has 0 saturated heterocycles. The van der Waals surface area contributed by atoms with E-state index < -0.39 is 0 Å². The highest BCUT2D eigenvalue weighted by Crippen LogP contribution is 2.43. The fourth-order valence-corrected chi connectivity index (χ4v) is 2.03. The summed E-state index contributed by atoms with van der Waals surface area (Å²) in [6.45, 7) is 8.81. The Morgan fingerprint density at radius 2 is 2.27 bits per heavy atom. The van der Waals surface area contributed by atoms with Gasteiger partial charge < -0.3 is 4.79 Å². The highest BCUT2D eigenvalue weighted by molar-refractivity contribution is 5.56. The lowest BCUT2D eigenvalue weighted by Crippen LogP contribution is -2.18.